The normalized spacial score (nSPS) is 26.4. The molecule has 19 heavy (non-hydrogen) atoms. The van der Waals surface area contributed by atoms with Crippen LogP contribution in [-0.4, -0.2) is 22.1 Å². The van der Waals surface area contributed by atoms with E-state index in [1.54, 1.807) is 0 Å². The Morgan fingerprint density at radius 3 is 2.89 bits per heavy atom. The smallest absolute Gasteiger partial charge is 0.339 e. The van der Waals surface area contributed by atoms with E-state index in [-0.39, 0.29) is 17.4 Å². The van der Waals surface area contributed by atoms with Crippen molar-refractivity contribution in [1.82, 2.24) is 4.98 Å². The lowest BCUT2D eigenvalue weighted by molar-refractivity contribution is 0.0697. The number of carboxylic acids is 1. The zero-order valence-electron chi connectivity index (χ0n) is 11.2. The van der Waals surface area contributed by atoms with E-state index in [4.69, 9.17) is 5.11 Å². The average molecular weight is 266 g/mol. The van der Waals surface area contributed by atoms with Crippen molar-refractivity contribution < 1.29 is 14.3 Å². The highest BCUT2D eigenvalue weighted by atomic mass is 19.1. The molecule has 2 rings (SSSR count). The number of pyridine rings is 1. The van der Waals surface area contributed by atoms with E-state index < -0.39 is 11.8 Å². The molecule has 0 bridgehead atoms. The summed E-state index contributed by atoms with van der Waals surface area (Å²) in [7, 11) is 0. The van der Waals surface area contributed by atoms with Gasteiger partial charge in [-0.15, -0.1) is 0 Å². The first kappa shape index (κ1) is 13.8. The molecule has 0 amide bonds. The molecule has 0 radical (unpaired) electrons. The molecule has 1 heterocycles. The van der Waals surface area contributed by atoms with Crippen LogP contribution in [0.25, 0.3) is 0 Å². The fourth-order valence-corrected chi connectivity index (χ4v) is 2.92. The van der Waals surface area contributed by atoms with E-state index >= 15 is 0 Å². The number of nitrogens with zero attached hydrogens (tertiary/aromatic N) is 1. The molecule has 1 aromatic heterocycles. The third-order valence-corrected chi connectivity index (χ3v) is 4.16. The second-order valence-electron chi connectivity index (χ2n) is 5.21. The lowest BCUT2D eigenvalue weighted by Gasteiger charge is -2.22. The standard InChI is InChI=1S/C14H19FN2O2/c1-3-9-4-5-12(8(9)2)17-13-11(14(18)19)6-10(15)7-16-13/h6-9,12H,3-5H2,1-2H3,(H,16,17)(H,18,19). The van der Waals surface area contributed by atoms with Crippen LogP contribution >= 0.6 is 0 Å². The molecule has 4 nitrogen and oxygen atoms in total. The van der Waals surface area contributed by atoms with Crippen LogP contribution < -0.4 is 5.32 Å². The molecular weight excluding hydrogens is 247 g/mol. The second-order valence-corrected chi connectivity index (χ2v) is 5.21. The second kappa shape index (κ2) is 5.55. The Morgan fingerprint density at radius 2 is 2.32 bits per heavy atom. The largest absolute Gasteiger partial charge is 0.478 e. The van der Waals surface area contributed by atoms with Gasteiger partial charge in [0.25, 0.3) is 0 Å². The predicted molar refractivity (Wildman–Crippen MR) is 70.7 cm³/mol. The number of nitrogens with one attached hydrogen (secondary N) is 1. The number of rotatable bonds is 4. The minimum atomic E-state index is -1.16. The van der Waals surface area contributed by atoms with Gasteiger partial charge in [-0.05, 0) is 30.7 Å². The summed E-state index contributed by atoms with van der Waals surface area (Å²) in [5.41, 5.74) is -0.104. The van der Waals surface area contributed by atoms with Gasteiger partial charge in [0.1, 0.15) is 17.2 Å². The van der Waals surface area contributed by atoms with Crippen molar-refractivity contribution in [3.05, 3.63) is 23.6 Å². The van der Waals surface area contributed by atoms with Crippen molar-refractivity contribution in [3.63, 3.8) is 0 Å². The molecule has 0 aliphatic heterocycles. The summed E-state index contributed by atoms with van der Waals surface area (Å²) in [5, 5.41) is 12.3. The first-order valence-corrected chi connectivity index (χ1v) is 6.68. The molecule has 1 aliphatic rings. The number of hydrogen-bond acceptors (Lipinski definition) is 3. The lowest BCUT2D eigenvalue weighted by Crippen LogP contribution is -2.26. The van der Waals surface area contributed by atoms with Crippen LogP contribution in [0.1, 0.15) is 43.5 Å². The van der Waals surface area contributed by atoms with Crippen LogP contribution in [0, 0.1) is 17.7 Å². The Kier molecular flexibility index (Phi) is 4.02. The summed E-state index contributed by atoms with van der Waals surface area (Å²) in [6, 6.07) is 1.22. The zero-order valence-corrected chi connectivity index (χ0v) is 11.2. The topological polar surface area (TPSA) is 62.2 Å². The molecular formula is C14H19FN2O2. The van der Waals surface area contributed by atoms with Gasteiger partial charge in [-0.25, -0.2) is 14.2 Å². The van der Waals surface area contributed by atoms with Gasteiger partial charge in [0, 0.05) is 6.04 Å². The number of anilines is 1. The highest BCUT2D eigenvalue weighted by molar-refractivity contribution is 5.93. The minimum Gasteiger partial charge on any atom is -0.478 e. The van der Waals surface area contributed by atoms with Crippen LogP contribution in [-0.2, 0) is 0 Å². The average Bonchev–Trinajstić information content (AvgIpc) is 2.72. The minimum absolute atomic E-state index is 0.104. The van der Waals surface area contributed by atoms with Gasteiger partial charge in [-0.3, -0.25) is 0 Å². The lowest BCUT2D eigenvalue weighted by atomic mass is 9.93. The van der Waals surface area contributed by atoms with E-state index in [2.05, 4.69) is 24.1 Å². The van der Waals surface area contributed by atoms with Gasteiger partial charge in [-0.1, -0.05) is 20.3 Å². The van der Waals surface area contributed by atoms with Crippen molar-refractivity contribution in [2.24, 2.45) is 11.8 Å². The van der Waals surface area contributed by atoms with E-state index in [0.29, 0.717) is 11.8 Å². The summed E-state index contributed by atoms with van der Waals surface area (Å²) in [6.07, 6.45) is 4.31. The van der Waals surface area contributed by atoms with Crippen molar-refractivity contribution in [1.29, 1.82) is 0 Å². The Bertz CT molecular complexity index is 479. The maximum atomic E-state index is 13.1. The van der Waals surface area contributed by atoms with Gasteiger partial charge in [0.15, 0.2) is 0 Å². The quantitative estimate of drug-likeness (QED) is 0.878. The molecule has 0 aromatic carbocycles. The molecule has 1 aliphatic carbocycles. The van der Waals surface area contributed by atoms with E-state index in [9.17, 15) is 9.18 Å². The third kappa shape index (κ3) is 2.85. The van der Waals surface area contributed by atoms with Crippen molar-refractivity contribution in [2.75, 3.05) is 5.32 Å². The summed E-state index contributed by atoms with van der Waals surface area (Å²) in [4.78, 5) is 15.0. The molecule has 104 valence electrons. The summed E-state index contributed by atoms with van der Waals surface area (Å²) in [5.74, 6) is -0.395. The van der Waals surface area contributed by atoms with Gasteiger partial charge >= 0.3 is 5.97 Å². The van der Waals surface area contributed by atoms with E-state index in [1.165, 1.54) is 0 Å². The summed E-state index contributed by atoms with van der Waals surface area (Å²) < 4.78 is 13.1. The number of halogens is 1. The maximum Gasteiger partial charge on any atom is 0.339 e. The monoisotopic (exact) mass is 266 g/mol. The third-order valence-electron chi connectivity index (χ3n) is 4.16. The highest BCUT2D eigenvalue weighted by Crippen LogP contribution is 2.35. The van der Waals surface area contributed by atoms with Gasteiger partial charge in [0.05, 0.1) is 6.20 Å². The highest BCUT2D eigenvalue weighted by Gasteiger charge is 2.32. The number of carbonyl (C=O) groups is 1. The maximum absolute atomic E-state index is 13.1. The van der Waals surface area contributed by atoms with Crippen LogP contribution in [0.5, 0.6) is 0 Å². The zero-order chi connectivity index (χ0) is 14.0. The Morgan fingerprint density at radius 1 is 1.58 bits per heavy atom. The molecule has 0 saturated heterocycles. The van der Waals surface area contributed by atoms with E-state index in [1.807, 2.05) is 0 Å². The molecule has 0 spiro atoms. The fraction of sp³-hybridized carbons (Fsp3) is 0.571. The van der Waals surface area contributed by atoms with Gasteiger partial charge in [-0.2, -0.15) is 0 Å². The van der Waals surface area contributed by atoms with E-state index in [0.717, 1.165) is 31.5 Å². The van der Waals surface area contributed by atoms with Crippen LogP contribution in [0.2, 0.25) is 0 Å². The van der Waals surface area contributed by atoms with Crippen molar-refractivity contribution >= 4 is 11.8 Å². The van der Waals surface area contributed by atoms with Gasteiger partial charge < -0.3 is 10.4 Å². The summed E-state index contributed by atoms with van der Waals surface area (Å²) in [6.45, 7) is 4.34. The number of carboxylic acid groups (broad SMARTS) is 1. The molecule has 5 heteroatoms. The Hall–Kier alpha value is -1.65. The molecule has 2 N–H and O–H groups in total. The molecule has 3 unspecified atom stereocenters. The van der Waals surface area contributed by atoms with Crippen molar-refractivity contribution in [3.8, 4) is 0 Å². The SMILES string of the molecule is CCC1CCC(Nc2ncc(F)cc2C(=O)O)C1C. The molecule has 1 aromatic rings. The predicted octanol–water partition coefficient (Wildman–Crippen LogP) is 3.16. The molecule has 1 fully saturated rings. The Labute approximate surface area is 112 Å². The molecule has 1 saturated carbocycles. The van der Waals surface area contributed by atoms with Gasteiger partial charge in [0.2, 0.25) is 0 Å². The van der Waals surface area contributed by atoms with Crippen molar-refractivity contribution in [2.45, 2.75) is 39.2 Å². The number of aromatic carboxylic acids is 1. The first-order valence-electron chi connectivity index (χ1n) is 6.68. The Balaban J connectivity index is 2.18. The van der Waals surface area contributed by atoms with Crippen LogP contribution in [0.4, 0.5) is 10.2 Å². The van der Waals surface area contributed by atoms with Crippen LogP contribution in [0.15, 0.2) is 12.3 Å². The first-order chi connectivity index (χ1) is 9.02. The molecule has 3 atom stereocenters. The number of hydrogen-bond donors (Lipinski definition) is 2. The van der Waals surface area contributed by atoms with Crippen LogP contribution in [0.3, 0.4) is 0 Å². The fourth-order valence-electron chi connectivity index (χ4n) is 2.92. The number of aromatic nitrogens is 1. The summed E-state index contributed by atoms with van der Waals surface area (Å²) >= 11 is 0.